The zero-order valence-corrected chi connectivity index (χ0v) is 10.5. The molecule has 0 fully saturated rings. The molecule has 2 heterocycles. The lowest BCUT2D eigenvalue weighted by Gasteiger charge is -2.03. The Labute approximate surface area is 101 Å². The summed E-state index contributed by atoms with van der Waals surface area (Å²) in [6.45, 7) is 1.67. The molecule has 17 heavy (non-hydrogen) atoms. The minimum Gasteiger partial charge on any atom is -0.315 e. The van der Waals surface area contributed by atoms with E-state index >= 15 is 0 Å². The molecule has 0 atom stereocenters. The molecule has 0 radical (unpaired) electrons. The number of aromatic amines is 2. The number of aromatic nitrogens is 3. The van der Waals surface area contributed by atoms with Gasteiger partial charge >= 0.3 is 4.87 Å². The maximum Gasteiger partial charge on any atom is 0.304 e. The van der Waals surface area contributed by atoms with Crippen molar-refractivity contribution in [1.29, 1.82) is 0 Å². The third-order valence-electron chi connectivity index (χ3n) is 2.10. The smallest absolute Gasteiger partial charge is 0.304 e. The standard InChI is InChI=1S/C8H10N4O3S2/c1-5-7(3-9-12-5)17(14,15)10-2-6-4-16-8(13)11-6/h3-4,10H,2H2,1H3,(H,9,12)(H,11,13). The topological polar surface area (TPSA) is 108 Å². The van der Waals surface area contributed by atoms with Crippen LogP contribution in [0.4, 0.5) is 0 Å². The molecule has 0 aliphatic heterocycles. The monoisotopic (exact) mass is 274 g/mol. The maximum absolute atomic E-state index is 11.8. The van der Waals surface area contributed by atoms with Crippen LogP contribution in [0.15, 0.2) is 21.3 Å². The van der Waals surface area contributed by atoms with E-state index in [1.807, 2.05) is 0 Å². The van der Waals surface area contributed by atoms with Gasteiger partial charge in [0.25, 0.3) is 0 Å². The molecule has 2 aromatic heterocycles. The van der Waals surface area contributed by atoms with Gasteiger partial charge in [-0.3, -0.25) is 9.89 Å². The highest BCUT2D eigenvalue weighted by Crippen LogP contribution is 2.11. The Bertz CT molecular complexity index is 667. The van der Waals surface area contributed by atoms with Crippen molar-refractivity contribution in [1.82, 2.24) is 19.9 Å². The molecule has 0 amide bonds. The van der Waals surface area contributed by atoms with Crippen molar-refractivity contribution in [2.45, 2.75) is 18.4 Å². The Hall–Kier alpha value is -1.45. The summed E-state index contributed by atoms with van der Waals surface area (Å²) in [6.07, 6.45) is 1.24. The summed E-state index contributed by atoms with van der Waals surface area (Å²) in [6, 6.07) is 0. The second-order valence-electron chi connectivity index (χ2n) is 3.36. The fraction of sp³-hybridized carbons (Fsp3) is 0.250. The van der Waals surface area contributed by atoms with Gasteiger partial charge < -0.3 is 4.98 Å². The molecule has 0 bridgehead atoms. The predicted molar refractivity (Wildman–Crippen MR) is 62.3 cm³/mol. The van der Waals surface area contributed by atoms with Crippen LogP contribution in [0.5, 0.6) is 0 Å². The van der Waals surface area contributed by atoms with Gasteiger partial charge in [-0.05, 0) is 6.92 Å². The largest absolute Gasteiger partial charge is 0.315 e. The van der Waals surface area contributed by atoms with E-state index in [-0.39, 0.29) is 16.3 Å². The van der Waals surface area contributed by atoms with E-state index in [1.54, 1.807) is 12.3 Å². The molecule has 0 saturated heterocycles. The van der Waals surface area contributed by atoms with Gasteiger partial charge in [0.2, 0.25) is 10.0 Å². The minimum absolute atomic E-state index is 0.0473. The molecule has 0 aliphatic carbocycles. The van der Waals surface area contributed by atoms with Crippen LogP contribution >= 0.6 is 11.3 Å². The van der Waals surface area contributed by atoms with Gasteiger partial charge in [-0.15, -0.1) is 0 Å². The summed E-state index contributed by atoms with van der Waals surface area (Å²) in [4.78, 5) is 13.3. The summed E-state index contributed by atoms with van der Waals surface area (Å²) in [5, 5.41) is 7.78. The van der Waals surface area contributed by atoms with Crippen molar-refractivity contribution in [2.24, 2.45) is 0 Å². The van der Waals surface area contributed by atoms with Gasteiger partial charge in [-0.25, -0.2) is 13.1 Å². The van der Waals surface area contributed by atoms with E-state index in [1.165, 1.54) is 6.20 Å². The molecule has 9 heteroatoms. The Morgan fingerprint density at radius 3 is 2.82 bits per heavy atom. The molecule has 7 nitrogen and oxygen atoms in total. The lowest BCUT2D eigenvalue weighted by atomic mass is 10.5. The van der Waals surface area contributed by atoms with Gasteiger partial charge in [0, 0.05) is 11.1 Å². The van der Waals surface area contributed by atoms with Crippen molar-refractivity contribution >= 4 is 21.4 Å². The lowest BCUT2D eigenvalue weighted by Crippen LogP contribution is -2.24. The second kappa shape index (κ2) is 4.43. The number of rotatable bonds is 4. The molecule has 2 rings (SSSR count). The number of hydrogen-bond acceptors (Lipinski definition) is 5. The van der Waals surface area contributed by atoms with E-state index in [0.29, 0.717) is 11.4 Å². The Balaban J connectivity index is 2.14. The first kappa shape index (κ1) is 12.0. The minimum atomic E-state index is -3.60. The van der Waals surface area contributed by atoms with Crippen LogP contribution in [-0.4, -0.2) is 23.6 Å². The molecule has 0 saturated carbocycles. The van der Waals surface area contributed by atoms with E-state index in [9.17, 15) is 13.2 Å². The van der Waals surface area contributed by atoms with Gasteiger partial charge in [0.15, 0.2) is 0 Å². The molecule has 2 aromatic rings. The third-order valence-corrected chi connectivity index (χ3v) is 4.33. The summed E-state index contributed by atoms with van der Waals surface area (Å²) in [5.74, 6) is 0. The lowest BCUT2D eigenvalue weighted by molar-refractivity contribution is 0.580. The van der Waals surface area contributed by atoms with Crippen LogP contribution < -0.4 is 9.60 Å². The first-order chi connectivity index (χ1) is 7.99. The average molecular weight is 274 g/mol. The summed E-state index contributed by atoms with van der Waals surface area (Å²) in [7, 11) is -3.60. The molecule has 92 valence electrons. The van der Waals surface area contributed by atoms with E-state index in [4.69, 9.17) is 0 Å². The molecule has 0 unspecified atom stereocenters. The molecule has 3 N–H and O–H groups in total. The van der Waals surface area contributed by atoms with Crippen LogP contribution in [0.2, 0.25) is 0 Å². The number of thiazole rings is 1. The van der Waals surface area contributed by atoms with Gasteiger partial charge in [0.1, 0.15) is 4.90 Å². The van der Waals surface area contributed by atoms with E-state index in [0.717, 1.165) is 11.3 Å². The zero-order chi connectivity index (χ0) is 12.5. The first-order valence-electron chi connectivity index (χ1n) is 4.65. The molecular formula is C8H10N4O3S2. The number of hydrogen-bond donors (Lipinski definition) is 3. The fourth-order valence-corrected chi connectivity index (χ4v) is 2.98. The molecular weight excluding hydrogens is 264 g/mol. The number of nitrogens with zero attached hydrogens (tertiary/aromatic N) is 1. The molecule has 0 aromatic carbocycles. The van der Waals surface area contributed by atoms with Crippen LogP contribution in [-0.2, 0) is 16.6 Å². The third kappa shape index (κ3) is 2.62. The van der Waals surface area contributed by atoms with Crippen molar-refractivity contribution in [3.8, 4) is 0 Å². The first-order valence-corrected chi connectivity index (χ1v) is 7.01. The number of aryl methyl sites for hydroxylation is 1. The Morgan fingerprint density at radius 2 is 2.29 bits per heavy atom. The van der Waals surface area contributed by atoms with Gasteiger partial charge in [-0.2, -0.15) is 5.10 Å². The maximum atomic E-state index is 11.8. The fourth-order valence-electron chi connectivity index (χ4n) is 1.26. The molecule has 0 spiro atoms. The average Bonchev–Trinajstić information content (AvgIpc) is 2.85. The highest BCUT2D eigenvalue weighted by atomic mass is 32.2. The number of H-pyrrole nitrogens is 2. The van der Waals surface area contributed by atoms with Crippen LogP contribution in [0.3, 0.4) is 0 Å². The van der Waals surface area contributed by atoms with Crippen molar-refractivity contribution in [3.05, 3.63) is 32.6 Å². The number of nitrogens with one attached hydrogen (secondary N) is 3. The van der Waals surface area contributed by atoms with Crippen LogP contribution in [0.25, 0.3) is 0 Å². The highest BCUT2D eigenvalue weighted by molar-refractivity contribution is 7.89. The summed E-state index contributed by atoms with van der Waals surface area (Å²) in [5.41, 5.74) is 1.00. The van der Waals surface area contributed by atoms with Crippen LogP contribution in [0.1, 0.15) is 11.4 Å². The zero-order valence-electron chi connectivity index (χ0n) is 8.85. The van der Waals surface area contributed by atoms with Gasteiger partial charge in [0.05, 0.1) is 18.4 Å². The summed E-state index contributed by atoms with van der Waals surface area (Å²) >= 11 is 0.991. The Kier molecular flexibility index (Phi) is 3.13. The predicted octanol–water partition coefficient (Wildman–Crippen LogP) is -0.0536. The quantitative estimate of drug-likeness (QED) is 0.726. The van der Waals surface area contributed by atoms with Gasteiger partial charge in [-0.1, -0.05) is 11.3 Å². The van der Waals surface area contributed by atoms with E-state index in [2.05, 4.69) is 19.9 Å². The highest BCUT2D eigenvalue weighted by Gasteiger charge is 2.18. The summed E-state index contributed by atoms with van der Waals surface area (Å²) < 4.78 is 26.0. The molecule has 0 aliphatic rings. The second-order valence-corrected chi connectivity index (χ2v) is 5.93. The van der Waals surface area contributed by atoms with Crippen molar-refractivity contribution in [3.63, 3.8) is 0 Å². The SMILES string of the molecule is Cc1[nH]ncc1S(=O)(=O)NCc1csc(=O)[nH]1. The normalized spacial score (nSPS) is 11.8. The van der Waals surface area contributed by atoms with Crippen molar-refractivity contribution in [2.75, 3.05) is 0 Å². The van der Waals surface area contributed by atoms with Crippen LogP contribution in [0, 0.1) is 6.92 Å². The number of sulfonamides is 1. The van der Waals surface area contributed by atoms with Crippen molar-refractivity contribution < 1.29 is 8.42 Å². The Morgan fingerprint density at radius 1 is 1.53 bits per heavy atom. The van der Waals surface area contributed by atoms with E-state index < -0.39 is 10.0 Å².